The van der Waals surface area contributed by atoms with E-state index in [0.29, 0.717) is 10.9 Å². The van der Waals surface area contributed by atoms with Crippen LogP contribution in [0.5, 0.6) is 0 Å². The molecule has 0 bridgehead atoms. The Labute approximate surface area is 105 Å². The van der Waals surface area contributed by atoms with Crippen molar-refractivity contribution in [2.24, 2.45) is 0 Å². The molecule has 2 rings (SSSR count). The van der Waals surface area contributed by atoms with Gasteiger partial charge in [-0.3, -0.25) is 9.89 Å². The molecule has 94 valence electrons. The average Bonchev–Trinajstić information content (AvgIpc) is 2.89. The molecule has 1 aromatic rings. The van der Waals surface area contributed by atoms with Gasteiger partial charge in [0.15, 0.2) is 5.16 Å². The molecule has 1 aliphatic heterocycles. The van der Waals surface area contributed by atoms with Crippen molar-refractivity contribution in [1.29, 1.82) is 0 Å². The molecule has 0 saturated carbocycles. The van der Waals surface area contributed by atoms with E-state index in [0.717, 1.165) is 32.7 Å². The van der Waals surface area contributed by atoms with Gasteiger partial charge in [0.05, 0.1) is 5.75 Å². The Morgan fingerprint density at radius 1 is 1.47 bits per heavy atom. The van der Waals surface area contributed by atoms with Crippen LogP contribution in [0.2, 0.25) is 0 Å². The Morgan fingerprint density at radius 3 is 2.82 bits per heavy atom. The van der Waals surface area contributed by atoms with E-state index in [1.165, 1.54) is 18.1 Å². The molecule has 1 fully saturated rings. The van der Waals surface area contributed by atoms with Gasteiger partial charge in [-0.15, -0.1) is 0 Å². The van der Waals surface area contributed by atoms with Gasteiger partial charge in [-0.1, -0.05) is 18.7 Å². The van der Waals surface area contributed by atoms with E-state index in [1.807, 2.05) is 4.90 Å². The van der Waals surface area contributed by atoms with Crippen LogP contribution in [0.4, 0.5) is 0 Å². The molecule has 0 aliphatic carbocycles. The molecule has 1 saturated heterocycles. The van der Waals surface area contributed by atoms with Crippen LogP contribution in [-0.4, -0.2) is 69.4 Å². The maximum atomic E-state index is 11.9. The fourth-order valence-corrected chi connectivity index (χ4v) is 2.48. The van der Waals surface area contributed by atoms with Gasteiger partial charge in [0.1, 0.15) is 6.33 Å². The summed E-state index contributed by atoms with van der Waals surface area (Å²) >= 11 is 1.40. The minimum absolute atomic E-state index is 0.183. The third-order valence-corrected chi connectivity index (χ3v) is 3.76. The number of likely N-dealkylation sites (N-methyl/N-ethyl adjacent to an activating group) is 1. The van der Waals surface area contributed by atoms with E-state index in [9.17, 15) is 4.79 Å². The van der Waals surface area contributed by atoms with Gasteiger partial charge in [-0.25, -0.2) is 4.98 Å². The van der Waals surface area contributed by atoms with Crippen molar-refractivity contribution < 1.29 is 4.79 Å². The highest BCUT2D eigenvalue weighted by Gasteiger charge is 2.20. The first-order valence-corrected chi connectivity index (χ1v) is 6.76. The summed E-state index contributed by atoms with van der Waals surface area (Å²) < 4.78 is 0. The van der Waals surface area contributed by atoms with Gasteiger partial charge >= 0.3 is 0 Å². The quantitative estimate of drug-likeness (QED) is 0.771. The van der Waals surface area contributed by atoms with Crippen molar-refractivity contribution in [1.82, 2.24) is 25.0 Å². The summed E-state index contributed by atoms with van der Waals surface area (Å²) in [5.74, 6) is 0.614. The molecule has 1 aliphatic rings. The molecule has 0 radical (unpaired) electrons. The molecule has 7 heteroatoms. The van der Waals surface area contributed by atoms with Gasteiger partial charge in [0, 0.05) is 26.2 Å². The Bertz CT molecular complexity index is 348. The molecule has 1 amide bonds. The van der Waals surface area contributed by atoms with Gasteiger partial charge < -0.3 is 9.80 Å². The lowest BCUT2D eigenvalue weighted by Gasteiger charge is -2.33. The summed E-state index contributed by atoms with van der Waals surface area (Å²) in [5, 5.41) is 7.18. The van der Waals surface area contributed by atoms with Gasteiger partial charge in [0.2, 0.25) is 5.91 Å². The van der Waals surface area contributed by atoms with Crippen LogP contribution >= 0.6 is 11.8 Å². The predicted octanol–water partition coefficient (Wildman–Crippen LogP) is 0.0609. The first-order chi connectivity index (χ1) is 8.29. The fourth-order valence-electron chi connectivity index (χ4n) is 1.80. The standard InChI is InChI=1S/C10H17N5OS/c1-2-14-3-5-15(6-4-14)9(16)7-17-10-11-8-12-13-10/h8H,2-7H2,1H3,(H,11,12,13). The molecule has 1 N–H and O–H groups in total. The second-order valence-electron chi connectivity index (χ2n) is 3.89. The van der Waals surface area contributed by atoms with Crippen molar-refractivity contribution in [3.05, 3.63) is 6.33 Å². The molecular formula is C10H17N5OS. The number of aromatic amines is 1. The lowest BCUT2D eigenvalue weighted by Crippen LogP contribution is -2.49. The second-order valence-corrected chi connectivity index (χ2v) is 4.86. The van der Waals surface area contributed by atoms with Gasteiger partial charge in [-0.05, 0) is 6.54 Å². The molecule has 0 atom stereocenters. The minimum atomic E-state index is 0.183. The van der Waals surface area contributed by atoms with E-state index < -0.39 is 0 Å². The highest BCUT2D eigenvalue weighted by atomic mass is 32.2. The molecule has 17 heavy (non-hydrogen) atoms. The molecule has 1 aromatic heterocycles. The van der Waals surface area contributed by atoms with E-state index in [1.54, 1.807) is 0 Å². The summed E-state index contributed by atoms with van der Waals surface area (Å²) in [6.07, 6.45) is 1.45. The smallest absolute Gasteiger partial charge is 0.233 e. The van der Waals surface area contributed by atoms with Gasteiger partial charge in [0.25, 0.3) is 0 Å². The monoisotopic (exact) mass is 255 g/mol. The highest BCUT2D eigenvalue weighted by Crippen LogP contribution is 2.12. The zero-order valence-electron chi connectivity index (χ0n) is 9.93. The third-order valence-electron chi connectivity index (χ3n) is 2.90. The van der Waals surface area contributed by atoms with Crippen LogP contribution in [-0.2, 0) is 4.79 Å². The number of H-pyrrole nitrogens is 1. The van der Waals surface area contributed by atoms with Crippen molar-refractivity contribution in [3.8, 4) is 0 Å². The number of rotatable bonds is 4. The lowest BCUT2D eigenvalue weighted by molar-refractivity contribution is -0.130. The predicted molar refractivity (Wildman–Crippen MR) is 65.8 cm³/mol. The SMILES string of the molecule is CCN1CCN(C(=O)CSc2ncn[nH]2)CC1. The Balaban J connectivity index is 1.73. The maximum absolute atomic E-state index is 11.9. The number of hydrogen-bond acceptors (Lipinski definition) is 5. The molecule has 0 spiro atoms. The van der Waals surface area contributed by atoms with Crippen LogP contribution in [0, 0.1) is 0 Å². The molecule has 6 nitrogen and oxygen atoms in total. The zero-order valence-corrected chi connectivity index (χ0v) is 10.7. The summed E-state index contributed by atoms with van der Waals surface area (Å²) in [6.45, 7) is 6.85. The highest BCUT2D eigenvalue weighted by molar-refractivity contribution is 7.99. The van der Waals surface area contributed by atoms with Gasteiger partial charge in [-0.2, -0.15) is 5.10 Å². The fraction of sp³-hybridized carbons (Fsp3) is 0.700. The van der Waals surface area contributed by atoms with Crippen LogP contribution in [0.1, 0.15) is 6.92 Å². The molecular weight excluding hydrogens is 238 g/mol. The van der Waals surface area contributed by atoms with E-state index >= 15 is 0 Å². The number of hydrogen-bond donors (Lipinski definition) is 1. The number of carbonyl (C=O) groups excluding carboxylic acids is 1. The van der Waals surface area contributed by atoms with Crippen LogP contribution in [0.3, 0.4) is 0 Å². The summed E-state index contributed by atoms with van der Waals surface area (Å²) in [6, 6.07) is 0. The maximum Gasteiger partial charge on any atom is 0.233 e. The summed E-state index contributed by atoms with van der Waals surface area (Å²) in [7, 11) is 0. The lowest BCUT2D eigenvalue weighted by atomic mass is 10.3. The number of aromatic nitrogens is 3. The zero-order chi connectivity index (χ0) is 12.1. The molecule has 0 unspecified atom stereocenters. The molecule has 0 aromatic carbocycles. The largest absolute Gasteiger partial charge is 0.339 e. The number of thioether (sulfide) groups is 1. The minimum Gasteiger partial charge on any atom is -0.339 e. The van der Waals surface area contributed by atoms with Crippen LogP contribution in [0.25, 0.3) is 0 Å². The number of amides is 1. The number of nitrogens with zero attached hydrogens (tertiary/aromatic N) is 4. The van der Waals surface area contributed by atoms with Crippen LogP contribution in [0.15, 0.2) is 11.5 Å². The normalized spacial score (nSPS) is 17.4. The molecule has 2 heterocycles. The topological polar surface area (TPSA) is 65.1 Å². The summed E-state index contributed by atoms with van der Waals surface area (Å²) in [5.41, 5.74) is 0. The van der Waals surface area contributed by atoms with Crippen molar-refractivity contribution in [2.75, 3.05) is 38.5 Å². The first-order valence-electron chi connectivity index (χ1n) is 5.78. The average molecular weight is 255 g/mol. The number of nitrogens with one attached hydrogen (secondary N) is 1. The van der Waals surface area contributed by atoms with E-state index in [-0.39, 0.29) is 5.91 Å². The first kappa shape index (κ1) is 12.4. The Hall–Kier alpha value is -1.08. The van der Waals surface area contributed by atoms with Crippen molar-refractivity contribution >= 4 is 17.7 Å². The van der Waals surface area contributed by atoms with Crippen molar-refractivity contribution in [3.63, 3.8) is 0 Å². The number of piperazine rings is 1. The van der Waals surface area contributed by atoms with E-state index in [4.69, 9.17) is 0 Å². The van der Waals surface area contributed by atoms with Crippen LogP contribution < -0.4 is 0 Å². The van der Waals surface area contributed by atoms with Crippen molar-refractivity contribution in [2.45, 2.75) is 12.1 Å². The Morgan fingerprint density at radius 2 is 2.24 bits per heavy atom. The third kappa shape index (κ3) is 3.44. The van der Waals surface area contributed by atoms with E-state index in [2.05, 4.69) is 27.0 Å². The Kier molecular flexibility index (Phi) is 4.38. The summed E-state index contributed by atoms with van der Waals surface area (Å²) in [4.78, 5) is 20.2. The second kappa shape index (κ2) is 6.02. The number of carbonyl (C=O) groups is 1.